The summed E-state index contributed by atoms with van der Waals surface area (Å²) in [4.78, 5) is 8.80. The van der Waals surface area contributed by atoms with Crippen LogP contribution in [0.2, 0.25) is 0 Å². The number of halogens is 2. The molecule has 0 unspecified atom stereocenters. The molecule has 0 saturated carbocycles. The molecule has 0 fully saturated rings. The van der Waals surface area contributed by atoms with Gasteiger partial charge in [-0.05, 0) is 48.0 Å². The molecule has 1 heterocycles. The second-order valence-corrected chi connectivity index (χ2v) is 5.42. The van der Waals surface area contributed by atoms with E-state index in [1.165, 1.54) is 0 Å². The summed E-state index contributed by atoms with van der Waals surface area (Å²) in [5.74, 6) is 0.552. The molecule has 0 radical (unpaired) electrons. The minimum Gasteiger partial charge on any atom is -0.324 e. The zero-order valence-electron chi connectivity index (χ0n) is 10.6. The highest BCUT2D eigenvalue weighted by molar-refractivity contribution is 9.15. The molecule has 1 aromatic heterocycles. The molecule has 98 valence electrons. The van der Waals surface area contributed by atoms with Crippen molar-refractivity contribution in [3.63, 3.8) is 0 Å². The van der Waals surface area contributed by atoms with E-state index in [2.05, 4.69) is 31.2 Å². The molecule has 19 heavy (non-hydrogen) atoms. The van der Waals surface area contributed by atoms with Crippen LogP contribution in [-0.4, -0.2) is 9.97 Å². The standard InChI is InChI=1S/C14H13BrClN3/c1-9-8-12(13(15)10(2)16)19-14(17-9)18-11-6-4-3-5-7-11/h3-8H,1-2H3,(H,17,18,19)/b13-10-. The summed E-state index contributed by atoms with van der Waals surface area (Å²) in [7, 11) is 0. The maximum absolute atomic E-state index is 5.98. The summed E-state index contributed by atoms with van der Waals surface area (Å²) in [6.45, 7) is 3.73. The van der Waals surface area contributed by atoms with Crippen molar-refractivity contribution >= 4 is 43.6 Å². The number of anilines is 2. The fourth-order valence-corrected chi connectivity index (χ4v) is 1.86. The summed E-state index contributed by atoms with van der Waals surface area (Å²) >= 11 is 9.41. The van der Waals surface area contributed by atoms with Crippen LogP contribution in [0.5, 0.6) is 0 Å². The Morgan fingerprint density at radius 3 is 2.53 bits per heavy atom. The van der Waals surface area contributed by atoms with Crippen LogP contribution in [-0.2, 0) is 0 Å². The SMILES string of the molecule is C/C(Cl)=C(/Br)c1cc(C)nc(Nc2ccccc2)n1. The molecule has 2 aromatic rings. The average Bonchev–Trinajstić information content (AvgIpc) is 2.38. The lowest BCUT2D eigenvalue weighted by molar-refractivity contribution is 1.09. The Kier molecular flexibility index (Phi) is 4.56. The first-order chi connectivity index (χ1) is 9.06. The zero-order chi connectivity index (χ0) is 13.8. The van der Waals surface area contributed by atoms with E-state index in [0.717, 1.165) is 21.6 Å². The number of para-hydroxylation sites is 1. The Bertz CT molecular complexity index is 607. The van der Waals surface area contributed by atoms with Crippen LogP contribution in [0.3, 0.4) is 0 Å². The molecule has 0 atom stereocenters. The number of nitrogens with zero attached hydrogens (tertiary/aromatic N) is 2. The van der Waals surface area contributed by atoms with Crippen molar-refractivity contribution in [3.05, 3.63) is 52.8 Å². The first-order valence-corrected chi connectivity index (χ1v) is 6.93. The highest BCUT2D eigenvalue weighted by atomic mass is 79.9. The Hall–Kier alpha value is -1.39. The molecule has 5 heteroatoms. The van der Waals surface area contributed by atoms with Crippen molar-refractivity contribution < 1.29 is 0 Å². The molecule has 0 aliphatic heterocycles. The zero-order valence-corrected chi connectivity index (χ0v) is 13.0. The molecule has 0 spiro atoms. The number of rotatable bonds is 3. The predicted octanol–water partition coefficient (Wildman–Crippen LogP) is 4.85. The van der Waals surface area contributed by atoms with E-state index < -0.39 is 0 Å². The van der Waals surface area contributed by atoms with Gasteiger partial charge in [0.25, 0.3) is 0 Å². The van der Waals surface area contributed by atoms with E-state index in [9.17, 15) is 0 Å². The molecular formula is C14H13BrClN3. The number of hydrogen-bond donors (Lipinski definition) is 1. The molecular weight excluding hydrogens is 326 g/mol. The van der Waals surface area contributed by atoms with Crippen molar-refractivity contribution in [2.24, 2.45) is 0 Å². The fourth-order valence-electron chi connectivity index (χ4n) is 1.56. The van der Waals surface area contributed by atoms with Gasteiger partial charge in [-0.3, -0.25) is 0 Å². The van der Waals surface area contributed by atoms with Gasteiger partial charge in [0.2, 0.25) is 5.95 Å². The molecule has 1 N–H and O–H groups in total. The second kappa shape index (κ2) is 6.17. The number of benzene rings is 1. The van der Waals surface area contributed by atoms with Crippen LogP contribution in [0, 0.1) is 6.92 Å². The van der Waals surface area contributed by atoms with Crippen LogP contribution in [0.15, 0.2) is 41.4 Å². The summed E-state index contributed by atoms with van der Waals surface area (Å²) in [5.41, 5.74) is 2.58. The first-order valence-electron chi connectivity index (χ1n) is 5.76. The van der Waals surface area contributed by atoms with Crippen LogP contribution < -0.4 is 5.32 Å². The van der Waals surface area contributed by atoms with Crippen LogP contribution in [0.4, 0.5) is 11.6 Å². The average molecular weight is 339 g/mol. The second-order valence-electron chi connectivity index (χ2n) is 4.06. The summed E-state index contributed by atoms with van der Waals surface area (Å²) < 4.78 is 0.774. The monoisotopic (exact) mass is 337 g/mol. The Morgan fingerprint density at radius 2 is 1.89 bits per heavy atom. The number of aromatic nitrogens is 2. The van der Waals surface area contributed by atoms with Gasteiger partial charge in [0.1, 0.15) is 0 Å². The largest absolute Gasteiger partial charge is 0.324 e. The Morgan fingerprint density at radius 1 is 1.21 bits per heavy atom. The van der Waals surface area contributed by atoms with Gasteiger partial charge >= 0.3 is 0 Å². The molecule has 0 amide bonds. The third kappa shape index (κ3) is 3.78. The summed E-state index contributed by atoms with van der Waals surface area (Å²) in [6, 6.07) is 11.7. The van der Waals surface area contributed by atoms with E-state index in [1.54, 1.807) is 0 Å². The third-order valence-electron chi connectivity index (χ3n) is 2.41. The van der Waals surface area contributed by atoms with Gasteiger partial charge in [0.05, 0.1) is 10.2 Å². The van der Waals surface area contributed by atoms with Crippen molar-refractivity contribution in [1.29, 1.82) is 0 Å². The first kappa shape index (κ1) is 14.0. The highest BCUT2D eigenvalue weighted by Crippen LogP contribution is 2.27. The van der Waals surface area contributed by atoms with Gasteiger partial charge in [0.15, 0.2) is 0 Å². The molecule has 0 bridgehead atoms. The van der Waals surface area contributed by atoms with Crippen LogP contribution in [0.25, 0.3) is 4.48 Å². The number of allylic oxidation sites excluding steroid dienone is 1. The van der Waals surface area contributed by atoms with Gasteiger partial charge < -0.3 is 5.32 Å². The van der Waals surface area contributed by atoms with Crippen molar-refractivity contribution in [1.82, 2.24) is 9.97 Å². The van der Waals surface area contributed by atoms with E-state index in [-0.39, 0.29) is 0 Å². The highest BCUT2D eigenvalue weighted by Gasteiger charge is 2.07. The van der Waals surface area contributed by atoms with Crippen molar-refractivity contribution in [2.45, 2.75) is 13.8 Å². The van der Waals surface area contributed by atoms with Crippen LogP contribution in [0.1, 0.15) is 18.3 Å². The molecule has 2 rings (SSSR count). The Balaban J connectivity index is 2.35. The topological polar surface area (TPSA) is 37.8 Å². The minimum atomic E-state index is 0.552. The van der Waals surface area contributed by atoms with Gasteiger partial charge in [-0.25, -0.2) is 9.97 Å². The fraction of sp³-hybridized carbons (Fsp3) is 0.143. The van der Waals surface area contributed by atoms with Gasteiger partial charge in [0, 0.05) is 16.4 Å². The number of hydrogen-bond acceptors (Lipinski definition) is 3. The molecule has 0 aliphatic carbocycles. The van der Waals surface area contributed by atoms with E-state index >= 15 is 0 Å². The molecule has 0 saturated heterocycles. The Labute approximate surface area is 125 Å². The molecule has 0 aliphatic rings. The van der Waals surface area contributed by atoms with Crippen LogP contribution >= 0.6 is 27.5 Å². The normalized spacial score (nSPS) is 12.0. The lowest BCUT2D eigenvalue weighted by Crippen LogP contribution is -2.00. The maximum atomic E-state index is 5.98. The number of nitrogens with one attached hydrogen (secondary N) is 1. The number of aryl methyl sites for hydroxylation is 1. The molecule has 1 aromatic carbocycles. The quantitative estimate of drug-likeness (QED) is 0.869. The molecule has 3 nitrogen and oxygen atoms in total. The summed E-state index contributed by atoms with van der Waals surface area (Å²) in [6.07, 6.45) is 0. The van der Waals surface area contributed by atoms with Gasteiger partial charge in [-0.15, -0.1) is 0 Å². The van der Waals surface area contributed by atoms with E-state index in [1.807, 2.05) is 50.2 Å². The van der Waals surface area contributed by atoms with E-state index in [4.69, 9.17) is 11.6 Å². The lowest BCUT2D eigenvalue weighted by atomic mass is 10.3. The third-order valence-corrected chi connectivity index (χ3v) is 3.83. The lowest BCUT2D eigenvalue weighted by Gasteiger charge is -2.08. The van der Waals surface area contributed by atoms with Gasteiger partial charge in [-0.1, -0.05) is 29.8 Å². The van der Waals surface area contributed by atoms with Gasteiger partial charge in [-0.2, -0.15) is 0 Å². The van der Waals surface area contributed by atoms with Crippen molar-refractivity contribution in [3.8, 4) is 0 Å². The minimum absolute atomic E-state index is 0.552. The van der Waals surface area contributed by atoms with E-state index in [0.29, 0.717) is 11.0 Å². The summed E-state index contributed by atoms with van der Waals surface area (Å²) in [5, 5.41) is 3.83. The van der Waals surface area contributed by atoms with Crippen molar-refractivity contribution in [2.75, 3.05) is 5.32 Å². The smallest absolute Gasteiger partial charge is 0.228 e. The predicted molar refractivity (Wildman–Crippen MR) is 83.9 cm³/mol. The maximum Gasteiger partial charge on any atom is 0.228 e.